The Balaban J connectivity index is 2.47. The van der Waals surface area contributed by atoms with Crippen LogP contribution in [-0.4, -0.2) is 20.6 Å². The van der Waals surface area contributed by atoms with Crippen molar-refractivity contribution in [1.82, 2.24) is 14.8 Å². The zero-order valence-electron chi connectivity index (χ0n) is 9.94. The monoisotopic (exact) mass is 325 g/mol. The van der Waals surface area contributed by atoms with E-state index in [0.29, 0.717) is 5.56 Å². The molecule has 2 heterocycles. The molecule has 2 aromatic rings. The van der Waals surface area contributed by atoms with Crippen LogP contribution in [0.3, 0.4) is 0 Å². The Kier molecular flexibility index (Phi) is 3.72. The molecule has 0 saturated heterocycles. The Labute approximate surface area is 117 Å². The molecule has 0 spiro atoms. The molecule has 2 aromatic heterocycles. The molecule has 0 fully saturated rings. The number of nitrogens with one attached hydrogen (secondary N) is 1. The lowest BCUT2D eigenvalue weighted by atomic mass is 10.2. The summed E-state index contributed by atoms with van der Waals surface area (Å²) in [7, 11) is 1.83. The Morgan fingerprint density at radius 1 is 1.56 bits per heavy atom. The maximum atomic E-state index is 7.63. The molecule has 3 N–H and O–H groups in total. The van der Waals surface area contributed by atoms with E-state index in [1.54, 1.807) is 10.9 Å². The molecule has 0 aromatic carbocycles. The largest absolute Gasteiger partial charge is 0.384 e. The van der Waals surface area contributed by atoms with E-state index in [0.717, 1.165) is 20.2 Å². The van der Waals surface area contributed by atoms with Crippen molar-refractivity contribution in [2.45, 2.75) is 17.0 Å². The van der Waals surface area contributed by atoms with Gasteiger partial charge in [-0.25, -0.2) is 4.98 Å². The average Bonchev–Trinajstić information content (AvgIpc) is 2.57. The lowest BCUT2D eigenvalue weighted by Crippen LogP contribution is -2.13. The summed E-state index contributed by atoms with van der Waals surface area (Å²) >= 11 is 4.89. The fourth-order valence-corrected chi connectivity index (χ4v) is 3.09. The normalized spacial score (nSPS) is 10.6. The maximum Gasteiger partial charge on any atom is 0.127 e. The van der Waals surface area contributed by atoms with Crippen LogP contribution in [0, 0.1) is 12.3 Å². The van der Waals surface area contributed by atoms with E-state index >= 15 is 0 Å². The van der Waals surface area contributed by atoms with Gasteiger partial charge in [0.15, 0.2) is 0 Å². The molecule has 5 nitrogen and oxygen atoms in total. The summed E-state index contributed by atoms with van der Waals surface area (Å²) in [4.78, 5) is 4.29. The molecule has 0 saturated carbocycles. The number of nitrogens with two attached hydrogens (primary N) is 1. The summed E-state index contributed by atoms with van der Waals surface area (Å²) in [6.45, 7) is 1.84. The van der Waals surface area contributed by atoms with Crippen molar-refractivity contribution in [2.75, 3.05) is 0 Å². The van der Waals surface area contributed by atoms with Crippen LogP contribution in [0.25, 0.3) is 0 Å². The molecule has 0 unspecified atom stereocenters. The summed E-state index contributed by atoms with van der Waals surface area (Å²) < 4.78 is 2.63. The minimum absolute atomic E-state index is 0.0233. The Hall–Kier alpha value is -1.34. The third kappa shape index (κ3) is 2.41. The average molecular weight is 326 g/mol. The summed E-state index contributed by atoms with van der Waals surface area (Å²) in [5.74, 6) is 0.0233. The van der Waals surface area contributed by atoms with E-state index in [2.05, 4.69) is 26.0 Å². The van der Waals surface area contributed by atoms with E-state index in [1.807, 2.05) is 26.1 Å². The zero-order valence-corrected chi connectivity index (χ0v) is 12.3. The Morgan fingerprint density at radius 3 is 2.89 bits per heavy atom. The molecule has 0 radical (unpaired) electrons. The van der Waals surface area contributed by atoms with E-state index in [9.17, 15) is 0 Å². The predicted molar refractivity (Wildman–Crippen MR) is 75.0 cm³/mol. The molecule has 0 aliphatic rings. The van der Waals surface area contributed by atoms with Gasteiger partial charge in [0.2, 0.25) is 0 Å². The molecule has 0 bridgehead atoms. The molecular formula is C11H12BrN5S. The number of hydrogen-bond donors (Lipinski definition) is 2. The highest BCUT2D eigenvalue weighted by Crippen LogP contribution is 2.34. The summed E-state index contributed by atoms with van der Waals surface area (Å²) in [5.41, 5.74) is 7.02. The van der Waals surface area contributed by atoms with Gasteiger partial charge >= 0.3 is 0 Å². The minimum atomic E-state index is 0.0233. The van der Waals surface area contributed by atoms with E-state index in [1.165, 1.54) is 11.8 Å². The molecule has 94 valence electrons. The number of aryl methyl sites for hydroxylation is 2. The lowest BCUT2D eigenvalue weighted by molar-refractivity contribution is 0.691. The highest BCUT2D eigenvalue weighted by Gasteiger charge is 2.18. The molecule has 0 aliphatic carbocycles. The van der Waals surface area contributed by atoms with Gasteiger partial charge in [0.1, 0.15) is 15.9 Å². The number of hydrogen-bond acceptors (Lipinski definition) is 4. The van der Waals surface area contributed by atoms with Gasteiger partial charge in [-0.05, 0) is 46.7 Å². The number of nitrogen functional groups attached to an aromatic ring is 1. The van der Waals surface area contributed by atoms with Gasteiger partial charge in [-0.15, -0.1) is 0 Å². The van der Waals surface area contributed by atoms with Gasteiger partial charge < -0.3 is 5.73 Å². The van der Waals surface area contributed by atoms with Crippen molar-refractivity contribution >= 4 is 33.5 Å². The third-order valence-corrected chi connectivity index (χ3v) is 4.44. The molecule has 0 atom stereocenters. The molecule has 0 aliphatic heterocycles. The van der Waals surface area contributed by atoms with Crippen LogP contribution in [0.4, 0.5) is 0 Å². The third-order valence-electron chi connectivity index (χ3n) is 2.36. The lowest BCUT2D eigenvalue weighted by Gasteiger charge is -2.05. The fraction of sp³-hybridized carbons (Fsp3) is 0.182. The van der Waals surface area contributed by atoms with Crippen molar-refractivity contribution < 1.29 is 0 Å². The van der Waals surface area contributed by atoms with Gasteiger partial charge in [-0.3, -0.25) is 10.1 Å². The van der Waals surface area contributed by atoms with Crippen LogP contribution in [0.1, 0.15) is 11.3 Å². The standard InChI is InChI=1S/C11H12BrN5S/c1-6-8(9(13)14)11(17(2)16-6)18-10-7(12)4-3-5-15-10/h3-5H,1-2H3,(H3,13,14). The molecule has 0 amide bonds. The molecule has 7 heteroatoms. The van der Waals surface area contributed by atoms with Crippen molar-refractivity contribution in [2.24, 2.45) is 12.8 Å². The number of rotatable bonds is 3. The minimum Gasteiger partial charge on any atom is -0.384 e. The first-order chi connectivity index (χ1) is 8.50. The maximum absolute atomic E-state index is 7.63. The summed E-state index contributed by atoms with van der Waals surface area (Å²) in [6, 6.07) is 3.78. The first-order valence-electron chi connectivity index (χ1n) is 5.17. The number of aromatic nitrogens is 3. The van der Waals surface area contributed by atoms with Crippen LogP contribution in [0.2, 0.25) is 0 Å². The number of pyridine rings is 1. The fourth-order valence-electron chi connectivity index (χ4n) is 1.60. The first-order valence-corrected chi connectivity index (χ1v) is 6.78. The van der Waals surface area contributed by atoms with Crippen LogP contribution >= 0.6 is 27.7 Å². The number of nitrogens with zero attached hydrogens (tertiary/aromatic N) is 3. The second-order valence-electron chi connectivity index (χ2n) is 3.70. The van der Waals surface area contributed by atoms with Crippen molar-refractivity contribution in [3.8, 4) is 0 Å². The van der Waals surface area contributed by atoms with Gasteiger partial charge in [0, 0.05) is 13.2 Å². The van der Waals surface area contributed by atoms with Gasteiger partial charge in [0.25, 0.3) is 0 Å². The highest BCUT2D eigenvalue weighted by molar-refractivity contribution is 9.10. The van der Waals surface area contributed by atoms with Crippen molar-refractivity contribution in [3.05, 3.63) is 34.1 Å². The van der Waals surface area contributed by atoms with Gasteiger partial charge in [-0.2, -0.15) is 5.10 Å². The second kappa shape index (κ2) is 5.11. The number of halogens is 1. The molecule has 2 rings (SSSR count). The highest BCUT2D eigenvalue weighted by atomic mass is 79.9. The number of amidine groups is 1. The Morgan fingerprint density at radius 2 is 2.28 bits per heavy atom. The van der Waals surface area contributed by atoms with Crippen LogP contribution in [-0.2, 0) is 7.05 Å². The predicted octanol–water partition coefficient (Wildman–Crippen LogP) is 2.32. The molecule has 18 heavy (non-hydrogen) atoms. The van der Waals surface area contributed by atoms with E-state index in [4.69, 9.17) is 11.1 Å². The first kappa shape index (κ1) is 13.1. The SMILES string of the molecule is Cc1nn(C)c(Sc2ncccc2Br)c1C(=N)N. The van der Waals surface area contributed by atoms with Crippen LogP contribution in [0.5, 0.6) is 0 Å². The van der Waals surface area contributed by atoms with Crippen LogP contribution in [0.15, 0.2) is 32.9 Å². The summed E-state index contributed by atoms with van der Waals surface area (Å²) in [5, 5.41) is 13.6. The second-order valence-corrected chi connectivity index (χ2v) is 5.53. The quantitative estimate of drug-likeness (QED) is 0.670. The smallest absolute Gasteiger partial charge is 0.127 e. The van der Waals surface area contributed by atoms with Crippen molar-refractivity contribution in [3.63, 3.8) is 0 Å². The zero-order chi connectivity index (χ0) is 13.3. The topological polar surface area (TPSA) is 80.6 Å². The Bertz CT molecular complexity index is 607. The van der Waals surface area contributed by atoms with Gasteiger partial charge in [0.05, 0.1) is 15.7 Å². The van der Waals surface area contributed by atoms with Crippen LogP contribution < -0.4 is 5.73 Å². The summed E-state index contributed by atoms with van der Waals surface area (Å²) in [6.07, 6.45) is 1.73. The van der Waals surface area contributed by atoms with E-state index in [-0.39, 0.29) is 5.84 Å². The van der Waals surface area contributed by atoms with Crippen molar-refractivity contribution in [1.29, 1.82) is 5.41 Å². The van der Waals surface area contributed by atoms with E-state index < -0.39 is 0 Å². The van der Waals surface area contributed by atoms with Gasteiger partial charge in [-0.1, -0.05) is 0 Å². The molecular weight excluding hydrogens is 314 g/mol.